The molecular formula is C18H24ClN. The second-order valence-electron chi connectivity index (χ2n) is 7.77. The van der Waals surface area contributed by atoms with E-state index in [-0.39, 0.29) is 6.04 Å². The van der Waals surface area contributed by atoms with E-state index in [9.17, 15) is 0 Å². The maximum atomic E-state index is 6.75. The Bertz CT molecular complexity index is 501. The van der Waals surface area contributed by atoms with Crippen LogP contribution in [0, 0.1) is 30.1 Å². The summed E-state index contributed by atoms with van der Waals surface area (Å²) in [7, 11) is 0. The summed E-state index contributed by atoms with van der Waals surface area (Å²) in [5.74, 6) is 2.86. The molecule has 4 aliphatic rings. The van der Waals surface area contributed by atoms with Gasteiger partial charge in [0.1, 0.15) is 0 Å². The zero-order valence-corrected chi connectivity index (χ0v) is 13.0. The van der Waals surface area contributed by atoms with E-state index in [1.807, 2.05) is 0 Å². The third kappa shape index (κ3) is 1.94. The molecule has 4 saturated carbocycles. The van der Waals surface area contributed by atoms with Gasteiger partial charge in [0.25, 0.3) is 0 Å². The van der Waals surface area contributed by atoms with Crippen LogP contribution in [-0.4, -0.2) is 0 Å². The van der Waals surface area contributed by atoms with Gasteiger partial charge in [-0.25, -0.2) is 0 Å². The second-order valence-corrected chi connectivity index (χ2v) is 8.17. The molecule has 5 rings (SSSR count). The van der Waals surface area contributed by atoms with Crippen molar-refractivity contribution in [2.24, 2.45) is 28.9 Å². The minimum absolute atomic E-state index is 0.175. The molecule has 0 radical (unpaired) electrons. The smallest absolute Gasteiger partial charge is 0.0438 e. The number of halogens is 1. The lowest BCUT2D eigenvalue weighted by molar-refractivity contribution is -0.0677. The van der Waals surface area contributed by atoms with E-state index in [4.69, 9.17) is 17.3 Å². The van der Waals surface area contributed by atoms with Crippen LogP contribution in [-0.2, 0) is 0 Å². The molecule has 20 heavy (non-hydrogen) atoms. The summed E-state index contributed by atoms with van der Waals surface area (Å²) in [6.45, 7) is 2.06. The molecule has 1 aromatic carbocycles. The largest absolute Gasteiger partial charge is 0.323 e. The van der Waals surface area contributed by atoms with Crippen molar-refractivity contribution in [1.82, 2.24) is 0 Å². The van der Waals surface area contributed by atoms with Gasteiger partial charge in [0.05, 0.1) is 0 Å². The fourth-order valence-corrected chi connectivity index (χ4v) is 5.90. The van der Waals surface area contributed by atoms with Gasteiger partial charge < -0.3 is 5.73 Å². The van der Waals surface area contributed by atoms with Crippen LogP contribution < -0.4 is 5.73 Å². The first-order valence-corrected chi connectivity index (χ1v) is 8.45. The predicted octanol–water partition coefficient (Wildman–Crippen LogP) is 4.86. The van der Waals surface area contributed by atoms with Crippen LogP contribution in [0.1, 0.15) is 55.7 Å². The molecule has 0 spiro atoms. The number of benzene rings is 1. The van der Waals surface area contributed by atoms with E-state index in [1.54, 1.807) is 0 Å². The number of hydrogen-bond donors (Lipinski definition) is 1. The summed E-state index contributed by atoms with van der Waals surface area (Å²) >= 11 is 6.31. The first-order valence-electron chi connectivity index (χ1n) is 8.07. The topological polar surface area (TPSA) is 26.0 Å². The van der Waals surface area contributed by atoms with Crippen LogP contribution in [0.3, 0.4) is 0 Å². The SMILES string of the molecule is Cc1ccc(C(N)C23CC4CC(CC(C4)C2)C3)cc1Cl. The van der Waals surface area contributed by atoms with Crippen molar-refractivity contribution in [1.29, 1.82) is 0 Å². The fourth-order valence-electron chi connectivity index (χ4n) is 5.71. The van der Waals surface area contributed by atoms with Gasteiger partial charge >= 0.3 is 0 Å². The molecule has 0 heterocycles. The van der Waals surface area contributed by atoms with Crippen LogP contribution in [0.2, 0.25) is 5.02 Å². The second kappa shape index (κ2) is 4.48. The quantitative estimate of drug-likeness (QED) is 0.826. The number of hydrogen-bond acceptors (Lipinski definition) is 1. The Morgan fingerprint density at radius 1 is 1.10 bits per heavy atom. The van der Waals surface area contributed by atoms with Gasteiger partial charge in [-0.2, -0.15) is 0 Å². The molecule has 4 aliphatic carbocycles. The van der Waals surface area contributed by atoms with E-state index < -0.39 is 0 Å². The molecule has 1 nitrogen and oxygen atoms in total. The van der Waals surface area contributed by atoms with Crippen molar-refractivity contribution in [3.8, 4) is 0 Å². The highest BCUT2D eigenvalue weighted by Gasteiger charge is 2.53. The zero-order valence-electron chi connectivity index (χ0n) is 12.2. The van der Waals surface area contributed by atoms with Crippen LogP contribution in [0.5, 0.6) is 0 Å². The van der Waals surface area contributed by atoms with Crippen molar-refractivity contribution >= 4 is 11.6 Å². The van der Waals surface area contributed by atoms with Gasteiger partial charge in [-0.3, -0.25) is 0 Å². The lowest BCUT2D eigenvalue weighted by Gasteiger charge is -2.59. The summed E-state index contributed by atoms with van der Waals surface area (Å²) in [5.41, 5.74) is 9.52. The monoisotopic (exact) mass is 289 g/mol. The van der Waals surface area contributed by atoms with Gasteiger partial charge in [0, 0.05) is 11.1 Å². The Labute approximate surface area is 126 Å². The number of aryl methyl sites for hydroxylation is 1. The Balaban J connectivity index is 1.67. The molecule has 4 bridgehead atoms. The number of rotatable bonds is 2. The van der Waals surface area contributed by atoms with Crippen LogP contribution in [0.25, 0.3) is 0 Å². The summed E-state index contributed by atoms with van der Waals surface area (Å²) in [6, 6.07) is 6.61. The highest BCUT2D eigenvalue weighted by Crippen LogP contribution is 2.63. The first kappa shape index (κ1) is 13.2. The predicted molar refractivity (Wildman–Crippen MR) is 83.7 cm³/mol. The van der Waals surface area contributed by atoms with E-state index in [2.05, 4.69) is 25.1 Å². The minimum Gasteiger partial charge on any atom is -0.323 e. The molecule has 1 aromatic rings. The standard InChI is InChI=1S/C18H24ClN/c1-11-2-3-15(7-16(11)19)17(20)18-8-12-4-13(9-18)6-14(5-12)10-18/h2-3,7,12-14,17H,4-6,8-10,20H2,1H3. The minimum atomic E-state index is 0.175. The van der Waals surface area contributed by atoms with Gasteiger partial charge in [-0.15, -0.1) is 0 Å². The summed E-state index contributed by atoms with van der Waals surface area (Å²) in [5, 5.41) is 0.864. The summed E-state index contributed by atoms with van der Waals surface area (Å²) in [4.78, 5) is 0. The van der Waals surface area contributed by atoms with Gasteiger partial charge in [-0.1, -0.05) is 23.7 Å². The lowest BCUT2D eigenvalue weighted by atomic mass is 9.47. The fraction of sp³-hybridized carbons (Fsp3) is 0.667. The van der Waals surface area contributed by atoms with E-state index in [1.165, 1.54) is 44.1 Å². The number of nitrogens with two attached hydrogens (primary N) is 1. The first-order chi connectivity index (χ1) is 9.56. The van der Waals surface area contributed by atoms with Crippen molar-refractivity contribution in [2.45, 2.75) is 51.5 Å². The Morgan fingerprint density at radius 2 is 1.65 bits per heavy atom. The maximum Gasteiger partial charge on any atom is 0.0438 e. The maximum absolute atomic E-state index is 6.75. The van der Waals surface area contributed by atoms with Gasteiger partial charge in [0.15, 0.2) is 0 Å². The molecule has 0 aliphatic heterocycles. The lowest BCUT2D eigenvalue weighted by Crippen LogP contribution is -2.50. The van der Waals surface area contributed by atoms with Crippen molar-refractivity contribution < 1.29 is 0 Å². The van der Waals surface area contributed by atoms with E-state index >= 15 is 0 Å². The molecule has 0 aromatic heterocycles. The van der Waals surface area contributed by atoms with Gasteiger partial charge in [-0.05, 0) is 85.8 Å². The van der Waals surface area contributed by atoms with Crippen LogP contribution in [0.4, 0.5) is 0 Å². The highest BCUT2D eigenvalue weighted by molar-refractivity contribution is 6.31. The summed E-state index contributed by atoms with van der Waals surface area (Å²) in [6.07, 6.45) is 8.48. The van der Waals surface area contributed by atoms with Crippen LogP contribution in [0.15, 0.2) is 18.2 Å². The average Bonchev–Trinajstić information content (AvgIpc) is 2.39. The molecule has 2 N–H and O–H groups in total. The molecule has 108 valence electrons. The van der Waals surface area contributed by atoms with Crippen molar-refractivity contribution in [2.75, 3.05) is 0 Å². The average molecular weight is 290 g/mol. The molecule has 1 unspecified atom stereocenters. The van der Waals surface area contributed by atoms with E-state index in [0.29, 0.717) is 5.41 Å². The molecule has 0 saturated heterocycles. The molecule has 0 amide bonds. The highest BCUT2D eigenvalue weighted by atomic mass is 35.5. The van der Waals surface area contributed by atoms with Gasteiger partial charge in [0.2, 0.25) is 0 Å². The molecule has 2 heteroatoms. The Hall–Kier alpha value is -0.530. The summed E-state index contributed by atoms with van der Waals surface area (Å²) < 4.78 is 0. The van der Waals surface area contributed by atoms with E-state index in [0.717, 1.165) is 28.3 Å². The zero-order chi connectivity index (χ0) is 13.9. The molecule has 4 fully saturated rings. The van der Waals surface area contributed by atoms with Crippen molar-refractivity contribution in [3.05, 3.63) is 34.3 Å². The van der Waals surface area contributed by atoms with Crippen LogP contribution >= 0.6 is 11.6 Å². The molecular weight excluding hydrogens is 266 g/mol. The third-order valence-electron chi connectivity index (χ3n) is 6.30. The Morgan fingerprint density at radius 3 is 2.15 bits per heavy atom. The third-order valence-corrected chi connectivity index (χ3v) is 6.71. The Kier molecular flexibility index (Phi) is 2.95. The molecule has 1 atom stereocenters. The normalized spacial score (nSPS) is 40.0. The van der Waals surface area contributed by atoms with Crippen molar-refractivity contribution in [3.63, 3.8) is 0 Å².